The van der Waals surface area contributed by atoms with Crippen molar-refractivity contribution < 1.29 is 23.8 Å². The fourth-order valence-electron chi connectivity index (χ4n) is 2.27. The SMILES string of the molecule is CC(C)(C)OC(=O)N1CC(=O)[C@H]2OC(C)(C)O[C@H]2C1. The topological polar surface area (TPSA) is 65.1 Å². The van der Waals surface area contributed by atoms with Crippen molar-refractivity contribution in [1.29, 1.82) is 0 Å². The monoisotopic (exact) mass is 271 g/mol. The highest BCUT2D eigenvalue weighted by molar-refractivity contribution is 5.89. The summed E-state index contributed by atoms with van der Waals surface area (Å²) in [6.45, 7) is 9.21. The van der Waals surface area contributed by atoms with Crippen molar-refractivity contribution in [3.63, 3.8) is 0 Å². The zero-order valence-electron chi connectivity index (χ0n) is 12.1. The number of fused-ring (bicyclic) bond motifs is 1. The highest BCUT2D eigenvalue weighted by Crippen LogP contribution is 2.31. The van der Waals surface area contributed by atoms with E-state index >= 15 is 0 Å². The molecule has 0 radical (unpaired) electrons. The Balaban J connectivity index is 2.04. The van der Waals surface area contributed by atoms with Crippen LogP contribution in [0.25, 0.3) is 0 Å². The minimum Gasteiger partial charge on any atom is -0.444 e. The minimum atomic E-state index is -0.783. The summed E-state index contributed by atoms with van der Waals surface area (Å²) < 4.78 is 16.4. The smallest absolute Gasteiger partial charge is 0.410 e. The predicted molar refractivity (Wildman–Crippen MR) is 66.6 cm³/mol. The van der Waals surface area contributed by atoms with Crippen LogP contribution in [-0.2, 0) is 19.0 Å². The van der Waals surface area contributed by atoms with Crippen molar-refractivity contribution in [1.82, 2.24) is 4.90 Å². The van der Waals surface area contributed by atoms with Gasteiger partial charge in [-0.1, -0.05) is 0 Å². The summed E-state index contributed by atoms with van der Waals surface area (Å²) in [5, 5.41) is 0. The summed E-state index contributed by atoms with van der Waals surface area (Å²) in [4.78, 5) is 25.3. The van der Waals surface area contributed by atoms with Gasteiger partial charge in [0.1, 0.15) is 17.8 Å². The molecule has 0 aromatic rings. The van der Waals surface area contributed by atoms with Gasteiger partial charge in [0.25, 0.3) is 0 Å². The number of carbonyl (C=O) groups is 2. The first kappa shape index (κ1) is 14.3. The van der Waals surface area contributed by atoms with Crippen LogP contribution < -0.4 is 0 Å². The molecule has 6 nitrogen and oxygen atoms in total. The van der Waals surface area contributed by atoms with Crippen LogP contribution in [0.2, 0.25) is 0 Å². The van der Waals surface area contributed by atoms with Gasteiger partial charge in [0.05, 0.1) is 13.1 Å². The molecular weight excluding hydrogens is 250 g/mol. The maximum absolute atomic E-state index is 12.0. The number of amides is 1. The van der Waals surface area contributed by atoms with Crippen molar-refractivity contribution in [3.8, 4) is 0 Å². The fraction of sp³-hybridized carbons (Fsp3) is 0.846. The summed E-state index contributed by atoms with van der Waals surface area (Å²) in [6.07, 6.45) is -1.48. The van der Waals surface area contributed by atoms with Gasteiger partial charge in [-0.3, -0.25) is 9.69 Å². The zero-order valence-corrected chi connectivity index (χ0v) is 12.1. The largest absolute Gasteiger partial charge is 0.444 e. The van der Waals surface area contributed by atoms with E-state index in [2.05, 4.69) is 0 Å². The Bertz CT molecular complexity index is 398. The van der Waals surface area contributed by atoms with Gasteiger partial charge in [-0.15, -0.1) is 0 Å². The molecule has 0 saturated carbocycles. The number of hydrogen-bond donors (Lipinski definition) is 0. The normalized spacial score (nSPS) is 30.2. The van der Waals surface area contributed by atoms with E-state index in [0.29, 0.717) is 6.54 Å². The van der Waals surface area contributed by atoms with Crippen LogP contribution in [0.15, 0.2) is 0 Å². The summed E-state index contributed by atoms with van der Waals surface area (Å²) in [5.41, 5.74) is -0.580. The number of ketones is 1. The maximum Gasteiger partial charge on any atom is 0.410 e. The second kappa shape index (κ2) is 4.45. The summed E-state index contributed by atoms with van der Waals surface area (Å²) in [7, 11) is 0. The number of nitrogens with zero attached hydrogens (tertiary/aromatic N) is 1. The predicted octanol–water partition coefficient (Wildman–Crippen LogP) is 1.33. The van der Waals surface area contributed by atoms with Crippen molar-refractivity contribution in [2.45, 2.75) is 58.2 Å². The van der Waals surface area contributed by atoms with Gasteiger partial charge >= 0.3 is 6.09 Å². The van der Waals surface area contributed by atoms with E-state index in [-0.39, 0.29) is 12.3 Å². The molecule has 2 rings (SSSR count). The van der Waals surface area contributed by atoms with E-state index < -0.39 is 29.7 Å². The van der Waals surface area contributed by atoms with Crippen LogP contribution in [0.3, 0.4) is 0 Å². The zero-order chi connectivity index (χ0) is 14.4. The number of Topliss-reactive ketones (excluding diaryl/α,β-unsaturated/α-hetero) is 1. The van der Waals surface area contributed by atoms with E-state index in [1.54, 1.807) is 34.6 Å². The molecule has 0 aliphatic carbocycles. The second-order valence-corrected chi connectivity index (χ2v) is 6.42. The first-order valence-electron chi connectivity index (χ1n) is 6.44. The highest BCUT2D eigenvalue weighted by Gasteiger charge is 2.49. The van der Waals surface area contributed by atoms with Crippen LogP contribution in [0.4, 0.5) is 4.79 Å². The Hall–Kier alpha value is -1.14. The average molecular weight is 271 g/mol. The van der Waals surface area contributed by atoms with E-state index in [9.17, 15) is 9.59 Å². The second-order valence-electron chi connectivity index (χ2n) is 6.42. The lowest BCUT2D eigenvalue weighted by atomic mass is 10.0. The lowest BCUT2D eigenvalue weighted by molar-refractivity contribution is -0.152. The molecule has 19 heavy (non-hydrogen) atoms. The van der Waals surface area contributed by atoms with Crippen molar-refractivity contribution >= 4 is 11.9 Å². The fourth-order valence-corrected chi connectivity index (χ4v) is 2.27. The number of ether oxygens (including phenoxy) is 3. The van der Waals surface area contributed by atoms with Gasteiger partial charge in [0.2, 0.25) is 0 Å². The molecule has 0 N–H and O–H groups in total. The lowest BCUT2D eigenvalue weighted by Crippen LogP contribution is -2.54. The van der Waals surface area contributed by atoms with Crippen LogP contribution in [0.5, 0.6) is 0 Å². The molecule has 108 valence electrons. The summed E-state index contributed by atoms with van der Waals surface area (Å²) in [6, 6.07) is 0. The Morgan fingerprint density at radius 1 is 1.37 bits per heavy atom. The molecule has 1 amide bonds. The van der Waals surface area contributed by atoms with Crippen molar-refractivity contribution in [2.75, 3.05) is 13.1 Å². The van der Waals surface area contributed by atoms with E-state index in [0.717, 1.165) is 0 Å². The van der Waals surface area contributed by atoms with Gasteiger partial charge in [0.15, 0.2) is 11.6 Å². The number of likely N-dealkylation sites (tertiary alicyclic amines) is 1. The number of hydrogen-bond acceptors (Lipinski definition) is 5. The molecule has 2 atom stereocenters. The quantitative estimate of drug-likeness (QED) is 0.665. The highest BCUT2D eigenvalue weighted by atomic mass is 16.8. The Kier molecular flexibility index (Phi) is 3.35. The molecule has 2 heterocycles. The number of carbonyl (C=O) groups excluding carboxylic acids is 2. The Morgan fingerprint density at radius 2 is 2.00 bits per heavy atom. The van der Waals surface area contributed by atoms with Crippen LogP contribution in [0, 0.1) is 0 Å². The molecule has 0 aromatic heterocycles. The number of piperidine rings is 1. The van der Waals surface area contributed by atoms with Crippen LogP contribution in [0.1, 0.15) is 34.6 Å². The first-order valence-corrected chi connectivity index (χ1v) is 6.44. The third-order valence-electron chi connectivity index (χ3n) is 2.90. The molecule has 6 heteroatoms. The number of rotatable bonds is 0. The standard InChI is InChI=1S/C13H21NO5/c1-12(2,3)19-11(16)14-6-8(15)10-9(7-14)17-13(4,5)18-10/h9-10H,6-7H2,1-5H3/t9-,10+/m0/s1. The molecular formula is C13H21NO5. The lowest BCUT2D eigenvalue weighted by Gasteiger charge is -2.33. The van der Waals surface area contributed by atoms with E-state index in [4.69, 9.17) is 14.2 Å². The molecule has 2 saturated heterocycles. The Morgan fingerprint density at radius 3 is 2.58 bits per heavy atom. The van der Waals surface area contributed by atoms with Gasteiger partial charge in [-0.25, -0.2) is 4.79 Å². The molecule has 0 bridgehead atoms. The van der Waals surface area contributed by atoms with Crippen molar-refractivity contribution in [2.24, 2.45) is 0 Å². The first-order chi connectivity index (χ1) is 8.57. The summed E-state index contributed by atoms with van der Waals surface area (Å²) in [5.74, 6) is -0.928. The van der Waals surface area contributed by atoms with E-state index in [1.165, 1.54) is 4.90 Å². The maximum atomic E-state index is 12.0. The molecule has 2 fully saturated rings. The van der Waals surface area contributed by atoms with Crippen molar-refractivity contribution in [3.05, 3.63) is 0 Å². The third kappa shape index (κ3) is 3.25. The van der Waals surface area contributed by atoms with Crippen LogP contribution >= 0.6 is 0 Å². The minimum absolute atomic E-state index is 0.00944. The van der Waals surface area contributed by atoms with Crippen LogP contribution in [-0.4, -0.2) is 53.5 Å². The Labute approximate surface area is 113 Å². The molecule has 0 unspecified atom stereocenters. The van der Waals surface area contributed by atoms with Gasteiger partial charge in [-0.2, -0.15) is 0 Å². The summed E-state index contributed by atoms with van der Waals surface area (Å²) >= 11 is 0. The third-order valence-corrected chi connectivity index (χ3v) is 2.90. The molecule has 0 aromatic carbocycles. The average Bonchev–Trinajstić information content (AvgIpc) is 2.50. The van der Waals surface area contributed by atoms with Gasteiger partial charge < -0.3 is 14.2 Å². The van der Waals surface area contributed by atoms with Gasteiger partial charge in [0, 0.05) is 0 Å². The van der Waals surface area contributed by atoms with E-state index in [1.807, 2.05) is 0 Å². The van der Waals surface area contributed by atoms with Gasteiger partial charge in [-0.05, 0) is 34.6 Å². The molecule has 2 aliphatic heterocycles. The molecule has 0 spiro atoms. The molecule has 2 aliphatic rings.